The van der Waals surface area contributed by atoms with Gasteiger partial charge in [0, 0.05) is 19.7 Å². The largest absolute Gasteiger partial charge is 0.484 e. The van der Waals surface area contributed by atoms with E-state index < -0.39 is 0 Å². The van der Waals surface area contributed by atoms with Gasteiger partial charge in [-0.2, -0.15) is 0 Å². The Morgan fingerprint density at radius 2 is 2.00 bits per heavy atom. The Kier molecular flexibility index (Phi) is 7.69. The molecule has 1 rings (SSSR count). The molecule has 0 aromatic heterocycles. The minimum atomic E-state index is -0.127. The predicted octanol–water partition coefficient (Wildman–Crippen LogP) is 1.46. The number of amides is 1. The number of nitrogens with one attached hydrogen (secondary N) is 1. The van der Waals surface area contributed by atoms with Crippen LogP contribution in [0.3, 0.4) is 0 Å². The summed E-state index contributed by atoms with van der Waals surface area (Å²) in [4.78, 5) is 11.5. The van der Waals surface area contributed by atoms with E-state index in [9.17, 15) is 4.79 Å². The molecule has 0 saturated carbocycles. The average molecular weight is 280 g/mol. The summed E-state index contributed by atoms with van der Waals surface area (Å²) in [5, 5.41) is 2.79. The van der Waals surface area contributed by atoms with E-state index in [1.807, 2.05) is 38.1 Å². The number of carbonyl (C=O) groups excluding carboxylic acids is 1. The van der Waals surface area contributed by atoms with Gasteiger partial charge in [-0.05, 0) is 38.0 Å². The monoisotopic (exact) mass is 280 g/mol. The van der Waals surface area contributed by atoms with Gasteiger partial charge in [0.2, 0.25) is 0 Å². The van der Waals surface area contributed by atoms with Crippen molar-refractivity contribution in [2.45, 2.75) is 32.9 Å². The van der Waals surface area contributed by atoms with E-state index in [1.54, 1.807) is 0 Å². The first-order chi connectivity index (χ1) is 9.61. The summed E-state index contributed by atoms with van der Waals surface area (Å²) in [6.07, 6.45) is 1.03. The molecule has 5 nitrogen and oxygen atoms in total. The molecule has 0 bridgehead atoms. The molecule has 20 heavy (non-hydrogen) atoms. The third kappa shape index (κ3) is 7.11. The van der Waals surface area contributed by atoms with E-state index in [-0.39, 0.29) is 18.6 Å². The first kappa shape index (κ1) is 16.5. The van der Waals surface area contributed by atoms with Crippen LogP contribution in [0.4, 0.5) is 0 Å². The Hall–Kier alpha value is -1.59. The molecule has 0 aliphatic carbocycles. The second-order valence-electron chi connectivity index (χ2n) is 4.76. The summed E-state index contributed by atoms with van der Waals surface area (Å²) < 4.78 is 10.8. The molecule has 1 amide bonds. The van der Waals surface area contributed by atoms with Gasteiger partial charge in [0.05, 0.1) is 6.10 Å². The molecule has 0 heterocycles. The molecule has 0 aliphatic rings. The molecule has 0 spiro atoms. The highest BCUT2D eigenvalue weighted by Crippen LogP contribution is 2.11. The van der Waals surface area contributed by atoms with Crippen LogP contribution in [-0.2, 0) is 16.1 Å². The van der Waals surface area contributed by atoms with E-state index in [4.69, 9.17) is 15.2 Å². The fourth-order valence-corrected chi connectivity index (χ4v) is 1.54. The standard InChI is InChI=1S/C15H24N2O3/c1-12(2)19-9-3-8-17-15(18)11-20-14-6-4-13(10-16)5-7-14/h4-7,12H,3,8-11,16H2,1-2H3,(H,17,18). The smallest absolute Gasteiger partial charge is 0.257 e. The summed E-state index contributed by atoms with van der Waals surface area (Å²) in [7, 11) is 0. The fourth-order valence-electron chi connectivity index (χ4n) is 1.54. The Bertz CT molecular complexity index is 391. The second-order valence-corrected chi connectivity index (χ2v) is 4.76. The molecule has 112 valence electrons. The van der Waals surface area contributed by atoms with Crippen LogP contribution in [0, 0.1) is 0 Å². The zero-order chi connectivity index (χ0) is 14.8. The van der Waals surface area contributed by atoms with Crippen molar-refractivity contribution in [1.82, 2.24) is 5.32 Å². The van der Waals surface area contributed by atoms with E-state index in [0.717, 1.165) is 12.0 Å². The highest BCUT2D eigenvalue weighted by molar-refractivity contribution is 5.77. The van der Waals surface area contributed by atoms with Crippen molar-refractivity contribution >= 4 is 5.91 Å². The van der Waals surface area contributed by atoms with Crippen LogP contribution in [0.15, 0.2) is 24.3 Å². The highest BCUT2D eigenvalue weighted by atomic mass is 16.5. The lowest BCUT2D eigenvalue weighted by Gasteiger charge is -2.09. The first-order valence-electron chi connectivity index (χ1n) is 6.92. The van der Waals surface area contributed by atoms with Crippen LogP contribution in [0.1, 0.15) is 25.8 Å². The van der Waals surface area contributed by atoms with Gasteiger partial charge in [-0.25, -0.2) is 0 Å². The van der Waals surface area contributed by atoms with Gasteiger partial charge in [0.15, 0.2) is 6.61 Å². The highest BCUT2D eigenvalue weighted by Gasteiger charge is 2.02. The number of benzene rings is 1. The van der Waals surface area contributed by atoms with Crippen molar-refractivity contribution in [2.24, 2.45) is 5.73 Å². The average Bonchev–Trinajstić information content (AvgIpc) is 2.45. The molecule has 0 aliphatic heterocycles. The number of nitrogens with two attached hydrogens (primary N) is 1. The van der Waals surface area contributed by atoms with Crippen LogP contribution < -0.4 is 15.8 Å². The number of ether oxygens (including phenoxy) is 2. The Labute approximate surface area is 120 Å². The van der Waals surface area contributed by atoms with Crippen molar-refractivity contribution in [1.29, 1.82) is 0 Å². The lowest BCUT2D eigenvalue weighted by Crippen LogP contribution is -2.30. The Morgan fingerprint density at radius 1 is 1.30 bits per heavy atom. The quantitative estimate of drug-likeness (QED) is 0.672. The van der Waals surface area contributed by atoms with Gasteiger partial charge >= 0.3 is 0 Å². The topological polar surface area (TPSA) is 73.6 Å². The van der Waals surface area contributed by atoms with Crippen LogP contribution in [0.2, 0.25) is 0 Å². The predicted molar refractivity (Wildman–Crippen MR) is 78.5 cm³/mol. The molecule has 3 N–H and O–H groups in total. The van der Waals surface area contributed by atoms with Gasteiger partial charge in [0.1, 0.15) is 5.75 Å². The Balaban J connectivity index is 2.13. The summed E-state index contributed by atoms with van der Waals surface area (Å²) in [5.41, 5.74) is 6.54. The summed E-state index contributed by atoms with van der Waals surface area (Å²) in [6, 6.07) is 7.39. The molecule has 5 heteroatoms. The van der Waals surface area contributed by atoms with Crippen LogP contribution in [0.5, 0.6) is 5.75 Å². The van der Waals surface area contributed by atoms with Crippen molar-refractivity contribution in [2.75, 3.05) is 19.8 Å². The van der Waals surface area contributed by atoms with Crippen LogP contribution >= 0.6 is 0 Å². The lowest BCUT2D eigenvalue weighted by molar-refractivity contribution is -0.123. The van der Waals surface area contributed by atoms with Gasteiger partial charge in [-0.1, -0.05) is 12.1 Å². The second kappa shape index (κ2) is 9.34. The van der Waals surface area contributed by atoms with Crippen molar-refractivity contribution < 1.29 is 14.3 Å². The first-order valence-corrected chi connectivity index (χ1v) is 6.92. The number of rotatable bonds is 9. The minimum Gasteiger partial charge on any atom is -0.484 e. The maximum absolute atomic E-state index is 11.5. The molecular formula is C15H24N2O3. The van der Waals surface area contributed by atoms with E-state index in [0.29, 0.717) is 25.4 Å². The minimum absolute atomic E-state index is 0.0208. The molecule has 1 aromatic carbocycles. The fraction of sp³-hybridized carbons (Fsp3) is 0.533. The summed E-state index contributed by atoms with van der Waals surface area (Å²) in [5.74, 6) is 0.540. The van der Waals surface area contributed by atoms with Gasteiger partial charge < -0.3 is 20.5 Å². The Morgan fingerprint density at radius 3 is 2.60 bits per heavy atom. The molecule has 0 radical (unpaired) electrons. The van der Waals surface area contributed by atoms with Gasteiger partial charge in [0.25, 0.3) is 5.91 Å². The van der Waals surface area contributed by atoms with Crippen molar-refractivity contribution in [3.8, 4) is 5.75 Å². The molecule has 0 saturated heterocycles. The van der Waals surface area contributed by atoms with Crippen molar-refractivity contribution in [3.63, 3.8) is 0 Å². The summed E-state index contributed by atoms with van der Waals surface area (Å²) >= 11 is 0. The normalized spacial score (nSPS) is 10.6. The number of hydrogen-bond donors (Lipinski definition) is 2. The third-order valence-corrected chi connectivity index (χ3v) is 2.62. The van der Waals surface area contributed by atoms with Crippen LogP contribution in [0.25, 0.3) is 0 Å². The van der Waals surface area contributed by atoms with E-state index in [1.165, 1.54) is 0 Å². The van der Waals surface area contributed by atoms with Crippen molar-refractivity contribution in [3.05, 3.63) is 29.8 Å². The van der Waals surface area contributed by atoms with E-state index in [2.05, 4.69) is 5.32 Å². The summed E-state index contributed by atoms with van der Waals surface area (Å²) in [6.45, 7) is 5.75. The van der Waals surface area contributed by atoms with Gasteiger partial charge in [-0.15, -0.1) is 0 Å². The lowest BCUT2D eigenvalue weighted by atomic mass is 10.2. The van der Waals surface area contributed by atoms with Crippen LogP contribution in [-0.4, -0.2) is 31.8 Å². The molecule has 1 aromatic rings. The third-order valence-electron chi connectivity index (χ3n) is 2.62. The molecule has 0 fully saturated rings. The zero-order valence-corrected chi connectivity index (χ0v) is 12.2. The molecular weight excluding hydrogens is 256 g/mol. The maximum Gasteiger partial charge on any atom is 0.257 e. The number of hydrogen-bond acceptors (Lipinski definition) is 4. The number of carbonyl (C=O) groups is 1. The van der Waals surface area contributed by atoms with Gasteiger partial charge in [-0.3, -0.25) is 4.79 Å². The van der Waals surface area contributed by atoms with E-state index >= 15 is 0 Å². The SMILES string of the molecule is CC(C)OCCCNC(=O)COc1ccc(CN)cc1. The molecule has 0 unspecified atom stereocenters. The maximum atomic E-state index is 11.5. The zero-order valence-electron chi connectivity index (χ0n) is 12.2. The molecule has 0 atom stereocenters.